The maximum atomic E-state index is 12.6. The predicted molar refractivity (Wildman–Crippen MR) is 108 cm³/mol. The maximum Gasteiger partial charge on any atom is 0.357 e. The standard InChI is InChI=1S/C19H14N4O5S/c1-28-10-6-7-13-14(8-10)29-19(20-13)21-15(24)9-23-17(25)12-5-3-2-4-11(12)16(22-23)18(26)27/h2-8H,9H2,1H3,(H,26,27)(H,20,21,24). The minimum Gasteiger partial charge on any atom is -0.497 e. The van der Waals surface area contributed by atoms with Crippen LogP contribution in [0.1, 0.15) is 10.5 Å². The molecule has 0 aliphatic rings. The molecule has 9 nitrogen and oxygen atoms in total. The second kappa shape index (κ2) is 7.32. The molecule has 0 fully saturated rings. The average Bonchev–Trinajstić information content (AvgIpc) is 3.10. The molecular weight excluding hydrogens is 396 g/mol. The zero-order valence-corrected chi connectivity index (χ0v) is 15.9. The van der Waals surface area contributed by atoms with Crippen molar-refractivity contribution in [3.63, 3.8) is 0 Å². The monoisotopic (exact) mass is 410 g/mol. The Hall–Kier alpha value is -3.79. The van der Waals surface area contributed by atoms with E-state index >= 15 is 0 Å². The number of amides is 1. The molecule has 4 rings (SSSR count). The van der Waals surface area contributed by atoms with E-state index in [0.29, 0.717) is 16.4 Å². The highest BCUT2D eigenvalue weighted by Crippen LogP contribution is 2.29. The number of aromatic carboxylic acids is 1. The molecule has 0 unspecified atom stereocenters. The molecule has 146 valence electrons. The number of ether oxygens (including phenoxy) is 1. The fourth-order valence-corrected chi connectivity index (χ4v) is 3.79. The number of hydrogen-bond acceptors (Lipinski definition) is 7. The number of nitrogens with one attached hydrogen (secondary N) is 1. The van der Waals surface area contributed by atoms with E-state index in [4.69, 9.17) is 4.74 Å². The van der Waals surface area contributed by atoms with Crippen molar-refractivity contribution in [2.75, 3.05) is 12.4 Å². The van der Waals surface area contributed by atoms with Crippen LogP contribution in [0.25, 0.3) is 21.0 Å². The summed E-state index contributed by atoms with van der Waals surface area (Å²) >= 11 is 1.26. The first-order valence-corrected chi connectivity index (χ1v) is 9.25. The summed E-state index contributed by atoms with van der Waals surface area (Å²) in [5.41, 5.74) is -0.143. The van der Waals surface area contributed by atoms with Crippen LogP contribution in [0.4, 0.5) is 5.13 Å². The number of hydrogen-bond donors (Lipinski definition) is 2. The smallest absolute Gasteiger partial charge is 0.357 e. The summed E-state index contributed by atoms with van der Waals surface area (Å²) in [6, 6.07) is 11.6. The Morgan fingerprint density at radius 1 is 1.21 bits per heavy atom. The van der Waals surface area contributed by atoms with Gasteiger partial charge in [-0.05, 0) is 24.3 Å². The number of carboxylic acids is 1. The van der Waals surface area contributed by atoms with Gasteiger partial charge in [-0.2, -0.15) is 5.10 Å². The van der Waals surface area contributed by atoms with Crippen LogP contribution in [0.3, 0.4) is 0 Å². The van der Waals surface area contributed by atoms with Crippen LogP contribution in [0, 0.1) is 0 Å². The van der Waals surface area contributed by atoms with Crippen LogP contribution in [0.2, 0.25) is 0 Å². The molecule has 1 amide bonds. The van der Waals surface area contributed by atoms with Crippen LogP contribution in [-0.2, 0) is 11.3 Å². The molecule has 0 spiro atoms. The van der Waals surface area contributed by atoms with Crippen molar-refractivity contribution in [3.05, 3.63) is 58.5 Å². The number of anilines is 1. The van der Waals surface area contributed by atoms with Gasteiger partial charge in [0.25, 0.3) is 5.56 Å². The molecule has 2 N–H and O–H groups in total. The molecule has 0 radical (unpaired) electrons. The lowest BCUT2D eigenvalue weighted by Crippen LogP contribution is -2.31. The summed E-state index contributed by atoms with van der Waals surface area (Å²) in [6.07, 6.45) is 0. The Kier molecular flexibility index (Phi) is 4.69. The number of rotatable bonds is 5. The number of carbonyl (C=O) groups is 2. The van der Waals surface area contributed by atoms with Gasteiger partial charge in [-0.1, -0.05) is 29.5 Å². The third-order valence-corrected chi connectivity index (χ3v) is 5.14. The average molecular weight is 410 g/mol. The Bertz CT molecular complexity index is 1330. The van der Waals surface area contributed by atoms with Crippen LogP contribution >= 0.6 is 11.3 Å². The van der Waals surface area contributed by atoms with Crippen molar-refractivity contribution in [2.24, 2.45) is 0 Å². The summed E-state index contributed by atoms with van der Waals surface area (Å²) in [6.45, 7) is -0.441. The van der Waals surface area contributed by atoms with Crippen molar-refractivity contribution in [1.29, 1.82) is 0 Å². The highest BCUT2D eigenvalue weighted by Gasteiger charge is 2.17. The molecule has 0 saturated carbocycles. The lowest BCUT2D eigenvalue weighted by atomic mass is 10.1. The number of thiazole rings is 1. The number of carbonyl (C=O) groups excluding carboxylic acids is 1. The molecular formula is C19H14N4O5S. The Morgan fingerprint density at radius 3 is 2.69 bits per heavy atom. The summed E-state index contributed by atoms with van der Waals surface area (Å²) in [5.74, 6) is -1.15. The Morgan fingerprint density at radius 2 is 1.97 bits per heavy atom. The molecule has 2 aromatic heterocycles. The van der Waals surface area contributed by atoms with Gasteiger partial charge in [-0.25, -0.2) is 14.5 Å². The topological polar surface area (TPSA) is 123 Å². The van der Waals surface area contributed by atoms with E-state index in [2.05, 4.69) is 15.4 Å². The van der Waals surface area contributed by atoms with Gasteiger partial charge in [0.1, 0.15) is 12.3 Å². The Labute approximate surface area is 167 Å². The molecule has 10 heteroatoms. The van der Waals surface area contributed by atoms with Gasteiger partial charge in [-0.15, -0.1) is 0 Å². The van der Waals surface area contributed by atoms with Crippen molar-refractivity contribution in [1.82, 2.24) is 14.8 Å². The highest BCUT2D eigenvalue weighted by atomic mass is 32.1. The molecule has 0 saturated heterocycles. The zero-order chi connectivity index (χ0) is 20.5. The molecule has 0 aliphatic carbocycles. The van der Waals surface area contributed by atoms with E-state index in [1.165, 1.54) is 23.5 Å². The number of methoxy groups -OCH3 is 1. The summed E-state index contributed by atoms with van der Waals surface area (Å²) in [5, 5.41) is 16.6. The number of aromatic nitrogens is 3. The first kappa shape index (κ1) is 18.6. The normalized spacial score (nSPS) is 10.9. The fourth-order valence-electron chi connectivity index (χ4n) is 2.88. The quantitative estimate of drug-likeness (QED) is 0.518. The van der Waals surface area contributed by atoms with Crippen LogP contribution in [-0.4, -0.2) is 38.9 Å². The minimum atomic E-state index is -1.28. The van der Waals surface area contributed by atoms with Gasteiger partial charge in [-0.3, -0.25) is 9.59 Å². The lowest BCUT2D eigenvalue weighted by molar-refractivity contribution is -0.117. The maximum absolute atomic E-state index is 12.6. The molecule has 29 heavy (non-hydrogen) atoms. The minimum absolute atomic E-state index is 0.180. The van der Waals surface area contributed by atoms with Crippen molar-refractivity contribution in [3.8, 4) is 5.75 Å². The van der Waals surface area contributed by atoms with Gasteiger partial charge >= 0.3 is 5.97 Å². The number of carboxylic acid groups (broad SMARTS) is 1. The number of fused-ring (bicyclic) bond motifs is 2. The predicted octanol–water partition coefficient (Wildman–Crippen LogP) is 2.35. The van der Waals surface area contributed by atoms with Gasteiger partial charge in [0.05, 0.1) is 22.7 Å². The second-order valence-electron chi connectivity index (χ2n) is 6.06. The zero-order valence-electron chi connectivity index (χ0n) is 15.1. The number of nitrogens with zero attached hydrogens (tertiary/aromatic N) is 3. The molecule has 0 bridgehead atoms. The van der Waals surface area contributed by atoms with Gasteiger partial charge in [0.2, 0.25) is 5.91 Å². The molecule has 4 aromatic rings. The van der Waals surface area contributed by atoms with E-state index in [1.54, 1.807) is 37.4 Å². The summed E-state index contributed by atoms with van der Waals surface area (Å²) in [4.78, 5) is 40.9. The SMILES string of the molecule is COc1ccc2nc(NC(=O)Cn3nc(C(=O)O)c4ccccc4c3=O)sc2c1. The van der Waals surface area contributed by atoms with E-state index in [-0.39, 0.29) is 16.5 Å². The van der Waals surface area contributed by atoms with Crippen LogP contribution < -0.4 is 15.6 Å². The van der Waals surface area contributed by atoms with E-state index < -0.39 is 24.0 Å². The van der Waals surface area contributed by atoms with Gasteiger partial charge in [0, 0.05) is 5.39 Å². The molecule has 0 atom stereocenters. The van der Waals surface area contributed by atoms with Gasteiger partial charge < -0.3 is 15.2 Å². The van der Waals surface area contributed by atoms with Crippen molar-refractivity contribution >= 4 is 49.3 Å². The summed E-state index contributed by atoms with van der Waals surface area (Å²) in [7, 11) is 1.56. The van der Waals surface area contributed by atoms with Crippen LogP contribution in [0.15, 0.2) is 47.3 Å². The van der Waals surface area contributed by atoms with Gasteiger partial charge in [0.15, 0.2) is 10.8 Å². The van der Waals surface area contributed by atoms with Crippen LogP contribution in [0.5, 0.6) is 5.75 Å². The fraction of sp³-hybridized carbons (Fsp3) is 0.105. The molecule has 2 aromatic carbocycles. The molecule has 2 heterocycles. The first-order valence-electron chi connectivity index (χ1n) is 8.44. The third-order valence-electron chi connectivity index (χ3n) is 4.21. The highest BCUT2D eigenvalue weighted by molar-refractivity contribution is 7.22. The second-order valence-corrected chi connectivity index (χ2v) is 7.09. The third kappa shape index (κ3) is 3.52. The first-order chi connectivity index (χ1) is 14.0. The number of benzene rings is 2. The van der Waals surface area contributed by atoms with E-state index in [1.807, 2.05) is 0 Å². The van der Waals surface area contributed by atoms with E-state index in [0.717, 1.165) is 9.38 Å². The van der Waals surface area contributed by atoms with Crippen molar-refractivity contribution in [2.45, 2.75) is 6.54 Å². The Balaban J connectivity index is 1.63. The largest absolute Gasteiger partial charge is 0.497 e. The summed E-state index contributed by atoms with van der Waals surface area (Å²) < 4.78 is 6.84. The van der Waals surface area contributed by atoms with Crippen molar-refractivity contribution < 1.29 is 19.4 Å². The lowest BCUT2D eigenvalue weighted by Gasteiger charge is -2.08. The molecule has 0 aliphatic heterocycles. The van der Waals surface area contributed by atoms with E-state index in [9.17, 15) is 19.5 Å².